The van der Waals surface area contributed by atoms with E-state index in [2.05, 4.69) is 0 Å². The lowest BCUT2D eigenvalue weighted by Gasteiger charge is -2.17. The summed E-state index contributed by atoms with van der Waals surface area (Å²) >= 11 is 0. The van der Waals surface area contributed by atoms with Crippen molar-refractivity contribution in [3.63, 3.8) is 0 Å². The van der Waals surface area contributed by atoms with E-state index in [1.807, 2.05) is 6.92 Å². The maximum atomic E-state index is 12.4. The van der Waals surface area contributed by atoms with Gasteiger partial charge in [0.2, 0.25) is 0 Å². The van der Waals surface area contributed by atoms with Gasteiger partial charge in [-0.05, 0) is 63.6 Å². The predicted molar refractivity (Wildman–Crippen MR) is 104 cm³/mol. The van der Waals surface area contributed by atoms with Crippen molar-refractivity contribution in [1.29, 1.82) is 0 Å². The molecule has 0 atom stereocenters. The maximum Gasteiger partial charge on any atom is 0.339 e. The highest BCUT2D eigenvalue weighted by Crippen LogP contribution is 2.31. The first-order chi connectivity index (χ1) is 12.8. The number of ether oxygens (including phenoxy) is 2. The Morgan fingerprint density at radius 2 is 1.81 bits per heavy atom. The van der Waals surface area contributed by atoms with Crippen LogP contribution in [0.3, 0.4) is 0 Å². The SMILES string of the molecule is COc1c(C=CC(=O)c2ccccc2O)cc(C)c(C(=O)OC(C)C)c1C. The fourth-order valence-corrected chi connectivity index (χ4v) is 2.92. The van der Waals surface area contributed by atoms with Crippen LogP contribution >= 0.6 is 0 Å². The van der Waals surface area contributed by atoms with Crippen LogP contribution in [0, 0.1) is 13.8 Å². The molecule has 0 aliphatic rings. The van der Waals surface area contributed by atoms with Crippen molar-refractivity contribution in [2.45, 2.75) is 33.8 Å². The number of phenolic OH excluding ortho intramolecular Hbond substituents is 1. The van der Waals surface area contributed by atoms with E-state index in [0.717, 1.165) is 5.56 Å². The molecule has 0 heterocycles. The lowest BCUT2D eigenvalue weighted by Crippen LogP contribution is -2.15. The lowest BCUT2D eigenvalue weighted by atomic mass is 9.97. The summed E-state index contributed by atoms with van der Waals surface area (Å²) in [5.41, 5.74) is 2.73. The van der Waals surface area contributed by atoms with Gasteiger partial charge in [0.1, 0.15) is 11.5 Å². The van der Waals surface area contributed by atoms with Crippen LogP contribution in [0.4, 0.5) is 0 Å². The molecule has 142 valence electrons. The fraction of sp³-hybridized carbons (Fsp3) is 0.273. The van der Waals surface area contributed by atoms with Crippen LogP contribution in [0.25, 0.3) is 6.08 Å². The predicted octanol–water partition coefficient (Wildman–Crippen LogP) is 4.48. The minimum atomic E-state index is -0.404. The largest absolute Gasteiger partial charge is 0.507 e. The van der Waals surface area contributed by atoms with Crippen molar-refractivity contribution >= 4 is 17.8 Å². The first-order valence-corrected chi connectivity index (χ1v) is 8.65. The van der Waals surface area contributed by atoms with E-state index >= 15 is 0 Å². The van der Waals surface area contributed by atoms with Crippen LogP contribution in [0.5, 0.6) is 11.5 Å². The number of aryl methyl sites for hydroxylation is 1. The van der Waals surface area contributed by atoms with E-state index in [9.17, 15) is 14.7 Å². The van der Waals surface area contributed by atoms with Crippen molar-refractivity contribution in [2.75, 3.05) is 7.11 Å². The molecule has 1 N–H and O–H groups in total. The summed E-state index contributed by atoms with van der Waals surface area (Å²) in [6, 6.07) is 8.13. The Bertz CT molecular complexity index is 894. The zero-order valence-electron chi connectivity index (χ0n) is 16.2. The first kappa shape index (κ1) is 20.2. The number of benzene rings is 2. The molecule has 2 rings (SSSR count). The Kier molecular flexibility index (Phi) is 6.40. The lowest BCUT2D eigenvalue weighted by molar-refractivity contribution is 0.0375. The summed E-state index contributed by atoms with van der Waals surface area (Å²) in [7, 11) is 1.51. The summed E-state index contributed by atoms with van der Waals surface area (Å²) in [4.78, 5) is 24.7. The molecule has 2 aromatic rings. The van der Waals surface area contributed by atoms with Gasteiger partial charge in [-0.25, -0.2) is 4.79 Å². The average molecular weight is 368 g/mol. The van der Waals surface area contributed by atoms with Gasteiger partial charge < -0.3 is 14.6 Å². The van der Waals surface area contributed by atoms with Crippen LogP contribution in [0.15, 0.2) is 36.4 Å². The third kappa shape index (κ3) is 4.56. The third-order valence-corrected chi connectivity index (χ3v) is 4.08. The zero-order valence-corrected chi connectivity index (χ0v) is 16.2. The third-order valence-electron chi connectivity index (χ3n) is 4.08. The van der Waals surface area contributed by atoms with Crippen LogP contribution in [-0.2, 0) is 4.74 Å². The Labute approximate surface area is 159 Å². The normalized spacial score (nSPS) is 11.0. The van der Waals surface area contributed by atoms with Gasteiger partial charge in [0.15, 0.2) is 5.78 Å². The molecule has 0 saturated carbocycles. The van der Waals surface area contributed by atoms with Gasteiger partial charge in [-0.3, -0.25) is 4.79 Å². The van der Waals surface area contributed by atoms with Gasteiger partial charge in [-0.1, -0.05) is 12.1 Å². The molecule has 0 radical (unpaired) electrons. The molecule has 0 amide bonds. The second-order valence-electron chi connectivity index (χ2n) is 6.48. The average Bonchev–Trinajstić information content (AvgIpc) is 2.59. The number of esters is 1. The van der Waals surface area contributed by atoms with Gasteiger partial charge in [0, 0.05) is 11.1 Å². The number of carbonyl (C=O) groups is 2. The minimum absolute atomic E-state index is 0.0711. The molecule has 0 saturated heterocycles. The number of phenols is 1. The second kappa shape index (κ2) is 8.54. The zero-order chi connectivity index (χ0) is 20.1. The van der Waals surface area contributed by atoms with Gasteiger partial charge in [-0.15, -0.1) is 0 Å². The number of ketones is 1. The number of hydrogen-bond acceptors (Lipinski definition) is 5. The highest BCUT2D eigenvalue weighted by atomic mass is 16.5. The number of rotatable bonds is 6. The molecule has 0 aliphatic carbocycles. The Morgan fingerprint density at radius 1 is 1.15 bits per heavy atom. The van der Waals surface area contributed by atoms with Crippen LogP contribution in [-0.4, -0.2) is 30.1 Å². The van der Waals surface area contributed by atoms with E-state index in [1.165, 1.54) is 19.3 Å². The van der Waals surface area contributed by atoms with E-state index in [-0.39, 0.29) is 23.2 Å². The van der Waals surface area contributed by atoms with E-state index in [4.69, 9.17) is 9.47 Å². The molecule has 5 nitrogen and oxygen atoms in total. The smallest absolute Gasteiger partial charge is 0.339 e. The van der Waals surface area contributed by atoms with Gasteiger partial charge in [0.25, 0.3) is 0 Å². The van der Waals surface area contributed by atoms with Crippen molar-refractivity contribution in [3.8, 4) is 11.5 Å². The van der Waals surface area contributed by atoms with E-state index < -0.39 is 5.97 Å². The van der Waals surface area contributed by atoms with E-state index in [1.54, 1.807) is 51.1 Å². The molecule has 0 unspecified atom stereocenters. The van der Waals surface area contributed by atoms with Crippen molar-refractivity contribution < 1.29 is 24.2 Å². The number of methoxy groups -OCH3 is 1. The van der Waals surface area contributed by atoms with Crippen LogP contribution in [0.2, 0.25) is 0 Å². The number of aromatic hydroxyl groups is 1. The highest BCUT2D eigenvalue weighted by Gasteiger charge is 2.20. The molecular weight excluding hydrogens is 344 g/mol. The number of hydrogen-bond donors (Lipinski definition) is 1. The van der Waals surface area contributed by atoms with Gasteiger partial charge >= 0.3 is 5.97 Å². The molecule has 0 spiro atoms. The molecule has 0 aliphatic heterocycles. The Morgan fingerprint density at radius 3 is 2.41 bits per heavy atom. The molecule has 2 aromatic carbocycles. The maximum absolute atomic E-state index is 12.4. The first-order valence-electron chi connectivity index (χ1n) is 8.65. The molecule has 5 heteroatoms. The highest BCUT2D eigenvalue weighted by molar-refractivity contribution is 6.08. The quantitative estimate of drug-likeness (QED) is 0.462. The van der Waals surface area contributed by atoms with Crippen LogP contribution in [0.1, 0.15) is 51.3 Å². The summed E-state index contributed by atoms with van der Waals surface area (Å²) in [5.74, 6) is -0.302. The molecule has 0 aromatic heterocycles. The fourth-order valence-electron chi connectivity index (χ4n) is 2.92. The Hall–Kier alpha value is -3.08. The molecule has 0 fully saturated rings. The van der Waals surface area contributed by atoms with Crippen molar-refractivity contribution in [3.05, 3.63) is 64.2 Å². The molecular formula is C22H24O5. The Balaban J connectivity index is 2.42. The second-order valence-corrected chi connectivity index (χ2v) is 6.48. The molecule has 0 bridgehead atoms. The van der Waals surface area contributed by atoms with E-state index in [0.29, 0.717) is 22.4 Å². The topological polar surface area (TPSA) is 72.8 Å². The van der Waals surface area contributed by atoms with Crippen LogP contribution < -0.4 is 4.74 Å². The van der Waals surface area contributed by atoms with Gasteiger partial charge in [-0.2, -0.15) is 0 Å². The number of allylic oxidation sites excluding steroid dienone is 1. The number of para-hydroxylation sites is 1. The summed E-state index contributed by atoms with van der Waals surface area (Å²) < 4.78 is 10.8. The van der Waals surface area contributed by atoms with Gasteiger partial charge in [0.05, 0.1) is 24.3 Å². The minimum Gasteiger partial charge on any atom is -0.507 e. The molecule has 27 heavy (non-hydrogen) atoms. The summed E-state index contributed by atoms with van der Waals surface area (Å²) in [5, 5.41) is 9.81. The number of carbonyl (C=O) groups excluding carboxylic acids is 2. The standard InChI is InChI=1S/C22H24O5/c1-13(2)27-22(25)20-14(3)12-16(21(26-5)15(20)4)10-11-19(24)17-8-6-7-9-18(17)23/h6-13,23H,1-5H3. The monoisotopic (exact) mass is 368 g/mol. The summed E-state index contributed by atoms with van der Waals surface area (Å²) in [6.45, 7) is 7.18. The summed E-state index contributed by atoms with van der Waals surface area (Å²) in [6.07, 6.45) is 2.77. The van der Waals surface area contributed by atoms with Crippen molar-refractivity contribution in [2.24, 2.45) is 0 Å². The van der Waals surface area contributed by atoms with Crippen molar-refractivity contribution in [1.82, 2.24) is 0 Å².